The van der Waals surface area contributed by atoms with E-state index >= 15 is 0 Å². The Morgan fingerprint density at radius 3 is 2.62 bits per heavy atom. The quantitative estimate of drug-likeness (QED) is 0.788. The lowest BCUT2D eigenvalue weighted by Gasteiger charge is -2.12. The van der Waals surface area contributed by atoms with E-state index in [9.17, 15) is 13.2 Å². The van der Waals surface area contributed by atoms with Crippen LogP contribution in [-0.2, 0) is 6.18 Å². The van der Waals surface area contributed by atoms with Gasteiger partial charge in [0.1, 0.15) is 11.8 Å². The van der Waals surface area contributed by atoms with Crippen LogP contribution in [-0.4, -0.2) is 9.94 Å². The molecule has 6 heteroatoms. The van der Waals surface area contributed by atoms with Gasteiger partial charge in [-0.3, -0.25) is 0 Å². The van der Waals surface area contributed by atoms with Gasteiger partial charge in [-0.25, -0.2) is 0 Å². The smallest absolute Gasteiger partial charge is 0.357 e. The molecule has 1 aromatic carbocycles. The van der Waals surface area contributed by atoms with E-state index in [4.69, 9.17) is 4.84 Å². The molecule has 3 nitrogen and oxygen atoms in total. The Morgan fingerprint density at radius 1 is 1.25 bits per heavy atom. The second kappa shape index (κ2) is 3.88. The van der Waals surface area contributed by atoms with Gasteiger partial charge in [0.05, 0.1) is 6.20 Å². The second-order valence-corrected chi connectivity index (χ2v) is 2.93. The molecule has 0 saturated heterocycles. The number of halogens is 3. The van der Waals surface area contributed by atoms with Gasteiger partial charge in [0.25, 0.3) is 0 Å². The Balaban J connectivity index is 2.34. The van der Waals surface area contributed by atoms with Gasteiger partial charge in [0.2, 0.25) is 0 Å². The molecule has 2 rings (SSSR count). The molecule has 0 aliphatic carbocycles. The highest BCUT2D eigenvalue weighted by Gasteiger charge is 2.34. The molecular weight excluding hydrogens is 221 g/mol. The molecule has 0 fully saturated rings. The van der Waals surface area contributed by atoms with Crippen molar-refractivity contribution in [3.8, 4) is 5.75 Å². The molecule has 1 radical (unpaired) electrons. The van der Waals surface area contributed by atoms with Crippen LogP contribution in [0.5, 0.6) is 5.75 Å². The first-order valence-electron chi connectivity index (χ1n) is 4.33. The Morgan fingerprint density at radius 2 is 2.00 bits per heavy atom. The molecule has 2 aromatic rings. The average Bonchev–Trinajstić information content (AvgIpc) is 2.70. The minimum Gasteiger partial charge on any atom is -0.357 e. The number of hydrogen-bond donors (Lipinski definition) is 0. The van der Waals surface area contributed by atoms with E-state index in [1.165, 1.54) is 30.5 Å². The highest BCUT2D eigenvalue weighted by Crippen LogP contribution is 2.35. The molecule has 0 spiro atoms. The lowest BCUT2D eigenvalue weighted by atomic mass is 10.2. The van der Waals surface area contributed by atoms with Crippen LogP contribution in [0.15, 0.2) is 36.5 Å². The maximum Gasteiger partial charge on any atom is 0.420 e. The van der Waals surface area contributed by atoms with E-state index in [-0.39, 0.29) is 5.75 Å². The van der Waals surface area contributed by atoms with E-state index in [2.05, 4.69) is 11.3 Å². The van der Waals surface area contributed by atoms with Gasteiger partial charge in [0.15, 0.2) is 5.75 Å². The van der Waals surface area contributed by atoms with Crippen molar-refractivity contribution in [2.45, 2.75) is 6.18 Å². The number of rotatable bonds is 2. The van der Waals surface area contributed by atoms with Gasteiger partial charge in [0, 0.05) is 0 Å². The predicted molar refractivity (Wildman–Crippen MR) is 48.5 cm³/mol. The first-order valence-corrected chi connectivity index (χ1v) is 4.33. The first-order chi connectivity index (χ1) is 7.57. The largest absolute Gasteiger partial charge is 0.420 e. The molecule has 1 aromatic heterocycles. The number of aromatic nitrogens is 2. The van der Waals surface area contributed by atoms with Crippen molar-refractivity contribution in [3.05, 3.63) is 48.3 Å². The maximum absolute atomic E-state index is 12.6. The third kappa shape index (κ3) is 2.16. The summed E-state index contributed by atoms with van der Waals surface area (Å²) in [4.78, 5) is 5.84. The van der Waals surface area contributed by atoms with Crippen molar-refractivity contribution in [1.29, 1.82) is 0 Å². The van der Waals surface area contributed by atoms with E-state index in [0.717, 1.165) is 10.9 Å². The molecule has 0 unspecified atom stereocenters. The molecule has 0 aliphatic rings. The summed E-state index contributed by atoms with van der Waals surface area (Å²) >= 11 is 0. The minimum atomic E-state index is -4.45. The molecule has 1 heterocycles. The third-order valence-electron chi connectivity index (χ3n) is 1.82. The third-order valence-corrected chi connectivity index (χ3v) is 1.82. The molecule has 83 valence electrons. The molecule has 0 bridgehead atoms. The van der Waals surface area contributed by atoms with Crippen molar-refractivity contribution in [3.63, 3.8) is 0 Å². The summed E-state index contributed by atoms with van der Waals surface area (Å²) in [6.45, 7) is 0. The van der Waals surface area contributed by atoms with Crippen molar-refractivity contribution in [1.82, 2.24) is 9.94 Å². The summed E-state index contributed by atoms with van der Waals surface area (Å²) < 4.78 is 37.7. The van der Waals surface area contributed by atoms with Crippen molar-refractivity contribution in [2.24, 2.45) is 0 Å². The summed E-state index contributed by atoms with van der Waals surface area (Å²) in [5, 5.41) is 3.54. The Hall–Kier alpha value is -1.98. The SMILES string of the molecule is FC(F)(F)c1ccccc1On1cc[c]n1. The van der Waals surface area contributed by atoms with Gasteiger partial charge < -0.3 is 4.84 Å². The summed E-state index contributed by atoms with van der Waals surface area (Å²) in [6, 6.07) is 6.35. The molecule has 0 aliphatic heterocycles. The Labute approximate surface area is 89.0 Å². The van der Waals surface area contributed by atoms with Crippen LogP contribution in [0.2, 0.25) is 0 Å². The summed E-state index contributed by atoms with van der Waals surface area (Å²) in [5.41, 5.74) is -0.842. The van der Waals surface area contributed by atoms with Gasteiger partial charge >= 0.3 is 6.18 Å². The number of hydrogen-bond acceptors (Lipinski definition) is 2. The molecule has 0 atom stereocenters. The first kappa shape index (κ1) is 10.5. The summed E-state index contributed by atoms with van der Waals surface area (Å²) in [7, 11) is 0. The fourth-order valence-electron chi connectivity index (χ4n) is 1.15. The molecule has 0 amide bonds. The minimum absolute atomic E-state index is 0.299. The highest BCUT2D eigenvalue weighted by molar-refractivity contribution is 5.35. The topological polar surface area (TPSA) is 27.1 Å². The van der Waals surface area contributed by atoms with Crippen LogP contribution < -0.4 is 4.84 Å². The van der Waals surface area contributed by atoms with E-state index in [1.807, 2.05) is 0 Å². The number of alkyl halides is 3. The zero-order chi connectivity index (χ0) is 11.6. The fraction of sp³-hybridized carbons (Fsp3) is 0.100. The van der Waals surface area contributed by atoms with E-state index in [0.29, 0.717) is 0 Å². The molecular formula is C10H6F3N2O. The fourth-order valence-corrected chi connectivity index (χ4v) is 1.15. The number of benzene rings is 1. The van der Waals surface area contributed by atoms with Gasteiger partial charge in [-0.1, -0.05) is 17.0 Å². The van der Waals surface area contributed by atoms with Gasteiger partial charge in [-0.15, -0.1) is 5.10 Å². The van der Waals surface area contributed by atoms with E-state index in [1.54, 1.807) is 0 Å². The summed E-state index contributed by atoms with van der Waals surface area (Å²) in [6.07, 6.45) is -0.682. The average molecular weight is 227 g/mol. The normalized spacial score (nSPS) is 11.4. The predicted octanol–water partition coefficient (Wildman–Crippen LogP) is 2.54. The van der Waals surface area contributed by atoms with Crippen molar-refractivity contribution < 1.29 is 18.0 Å². The standard InChI is InChI=1S/C10H6F3N2O/c11-10(12,13)8-4-1-2-5-9(8)16-15-7-3-6-14-15/h1-5,7H. The van der Waals surface area contributed by atoms with Crippen LogP contribution >= 0.6 is 0 Å². The highest BCUT2D eigenvalue weighted by atomic mass is 19.4. The van der Waals surface area contributed by atoms with Crippen molar-refractivity contribution in [2.75, 3.05) is 0 Å². The van der Waals surface area contributed by atoms with Crippen LogP contribution in [0.1, 0.15) is 5.56 Å². The number of nitrogens with zero attached hydrogens (tertiary/aromatic N) is 2. The van der Waals surface area contributed by atoms with Crippen molar-refractivity contribution >= 4 is 0 Å². The van der Waals surface area contributed by atoms with Crippen LogP contribution in [0.25, 0.3) is 0 Å². The van der Waals surface area contributed by atoms with Gasteiger partial charge in [-0.05, 0) is 18.2 Å². The van der Waals surface area contributed by atoms with Gasteiger partial charge in [-0.2, -0.15) is 13.2 Å². The maximum atomic E-state index is 12.6. The zero-order valence-electron chi connectivity index (χ0n) is 7.90. The zero-order valence-corrected chi connectivity index (χ0v) is 7.90. The lowest BCUT2D eigenvalue weighted by molar-refractivity contribution is -0.139. The Kier molecular flexibility index (Phi) is 2.55. The van der Waals surface area contributed by atoms with E-state index < -0.39 is 11.7 Å². The Bertz CT molecular complexity index is 465. The molecule has 0 saturated carbocycles. The molecule has 0 N–H and O–H groups in total. The monoisotopic (exact) mass is 227 g/mol. The van der Waals surface area contributed by atoms with Crippen LogP contribution in [0.4, 0.5) is 13.2 Å². The second-order valence-electron chi connectivity index (χ2n) is 2.93. The molecule has 16 heavy (non-hydrogen) atoms. The van der Waals surface area contributed by atoms with Crippen LogP contribution in [0, 0.1) is 6.20 Å². The lowest BCUT2D eigenvalue weighted by Crippen LogP contribution is -2.12. The summed E-state index contributed by atoms with van der Waals surface area (Å²) in [5.74, 6) is -0.299. The van der Waals surface area contributed by atoms with Crippen LogP contribution in [0.3, 0.4) is 0 Å². The number of para-hydroxylation sites is 1.